The normalized spacial score (nSPS) is 10.0. The Hall–Kier alpha value is -6.05. The predicted octanol–water partition coefficient (Wildman–Crippen LogP) is 4.20. The fraction of sp³-hybridized carbons (Fsp3) is 0. The smallest absolute Gasteiger partial charge is 0.267 e. The van der Waals surface area contributed by atoms with E-state index in [2.05, 4.69) is 38.6 Å². The molecule has 0 fully saturated rings. The number of hydrogen-bond donors (Lipinski definition) is 2. The molecule has 0 bridgehead atoms. The van der Waals surface area contributed by atoms with Gasteiger partial charge in [0.15, 0.2) is 0 Å². The molecule has 0 atom stereocenters. The molecule has 0 saturated carbocycles. The van der Waals surface area contributed by atoms with Crippen LogP contribution in [0.5, 0.6) is 0 Å². The lowest BCUT2D eigenvalue weighted by atomic mass is 9.95. The third kappa shape index (κ3) is 5.91. The van der Waals surface area contributed by atoms with Crippen molar-refractivity contribution in [2.75, 3.05) is 0 Å². The molecule has 0 saturated heterocycles. The van der Waals surface area contributed by atoms with E-state index in [1.54, 1.807) is 30.9 Å². The van der Waals surface area contributed by atoms with Gasteiger partial charge in [-0.05, 0) is 65.7 Å². The number of carbonyl (C=O) groups excluding carboxylic acids is 2. The lowest BCUT2D eigenvalue weighted by Gasteiger charge is -2.13. The van der Waals surface area contributed by atoms with Crippen molar-refractivity contribution >= 4 is 11.8 Å². The highest BCUT2D eigenvalue weighted by atomic mass is 16.1. The van der Waals surface area contributed by atoms with Crippen LogP contribution in [-0.2, 0) is 0 Å². The standard InChI is InChI=1S/C33H21N5O2/c34-32(39)30-28(26-9-5-22(6-10-26)1-3-24-13-17-36-18-14-24)21-29(31(38-30)33(35)40)27-11-7-23(8-12-27)2-4-25-15-19-37-20-16-25/h5-21H,(H2,34,39)(H2,35,40). The van der Waals surface area contributed by atoms with Crippen LogP contribution in [0.3, 0.4) is 0 Å². The van der Waals surface area contributed by atoms with Crippen LogP contribution in [0, 0.1) is 23.7 Å². The summed E-state index contributed by atoms with van der Waals surface area (Å²) in [5.74, 6) is 10.8. The molecule has 5 rings (SSSR count). The predicted molar refractivity (Wildman–Crippen MR) is 153 cm³/mol. The molecule has 0 spiro atoms. The number of benzene rings is 2. The van der Waals surface area contributed by atoms with E-state index in [4.69, 9.17) is 11.5 Å². The minimum atomic E-state index is -0.771. The lowest BCUT2D eigenvalue weighted by Crippen LogP contribution is -2.21. The van der Waals surface area contributed by atoms with E-state index in [1.165, 1.54) is 0 Å². The number of primary amides is 2. The number of amides is 2. The quantitative estimate of drug-likeness (QED) is 0.344. The van der Waals surface area contributed by atoms with E-state index < -0.39 is 11.8 Å². The first-order valence-corrected chi connectivity index (χ1v) is 12.2. The second kappa shape index (κ2) is 11.6. The Kier molecular flexibility index (Phi) is 7.39. The number of nitrogens with two attached hydrogens (primary N) is 2. The zero-order chi connectivity index (χ0) is 27.9. The fourth-order valence-electron chi connectivity index (χ4n) is 3.95. The molecule has 2 amide bonds. The van der Waals surface area contributed by atoms with Crippen LogP contribution in [0.4, 0.5) is 0 Å². The molecule has 0 aliphatic carbocycles. The Morgan fingerprint density at radius 1 is 0.500 bits per heavy atom. The lowest BCUT2D eigenvalue weighted by molar-refractivity contribution is 0.0993. The molecule has 3 aromatic heterocycles. The van der Waals surface area contributed by atoms with Gasteiger partial charge in [0.05, 0.1) is 0 Å². The minimum absolute atomic E-state index is 0.0481. The van der Waals surface area contributed by atoms with Gasteiger partial charge in [0.1, 0.15) is 11.4 Å². The molecular weight excluding hydrogens is 498 g/mol. The molecule has 0 aliphatic rings. The van der Waals surface area contributed by atoms with Crippen molar-refractivity contribution in [3.63, 3.8) is 0 Å². The highest BCUT2D eigenvalue weighted by molar-refractivity contribution is 6.04. The van der Waals surface area contributed by atoms with Crippen molar-refractivity contribution in [3.05, 3.63) is 137 Å². The van der Waals surface area contributed by atoms with Crippen molar-refractivity contribution in [1.82, 2.24) is 15.0 Å². The van der Waals surface area contributed by atoms with Crippen LogP contribution >= 0.6 is 0 Å². The van der Waals surface area contributed by atoms with E-state index >= 15 is 0 Å². The summed E-state index contributed by atoms with van der Waals surface area (Å²) in [6.45, 7) is 0. The summed E-state index contributed by atoms with van der Waals surface area (Å²) in [4.78, 5) is 37.0. The van der Waals surface area contributed by atoms with Crippen molar-refractivity contribution in [1.29, 1.82) is 0 Å². The molecule has 7 nitrogen and oxygen atoms in total. The topological polar surface area (TPSA) is 125 Å². The van der Waals surface area contributed by atoms with E-state index in [-0.39, 0.29) is 11.4 Å². The molecule has 5 aromatic rings. The van der Waals surface area contributed by atoms with Gasteiger partial charge in [0, 0.05) is 58.2 Å². The number of aromatic nitrogens is 3. The summed E-state index contributed by atoms with van der Waals surface area (Å²) in [5.41, 5.74) is 16.8. The molecule has 190 valence electrons. The van der Waals surface area contributed by atoms with Crippen molar-refractivity contribution < 1.29 is 9.59 Å². The highest BCUT2D eigenvalue weighted by Crippen LogP contribution is 2.31. The molecule has 4 N–H and O–H groups in total. The second-order valence-corrected chi connectivity index (χ2v) is 8.64. The SMILES string of the molecule is NC(=O)c1nc(C(N)=O)c(-c2ccc(C#Cc3ccncc3)cc2)cc1-c1ccc(C#Cc2ccncc2)cc1. The van der Waals surface area contributed by atoms with Crippen LogP contribution in [0.15, 0.2) is 104 Å². The Morgan fingerprint density at radius 2 is 0.825 bits per heavy atom. The maximum atomic E-state index is 12.3. The van der Waals surface area contributed by atoms with E-state index in [0.29, 0.717) is 22.3 Å². The van der Waals surface area contributed by atoms with Gasteiger partial charge in [0.2, 0.25) is 0 Å². The second-order valence-electron chi connectivity index (χ2n) is 8.64. The van der Waals surface area contributed by atoms with Gasteiger partial charge in [-0.2, -0.15) is 0 Å². The van der Waals surface area contributed by atoms with E-state index in [1.807, 2.05) is 72.8 Å². The number of pyridine rings is 3. The Labute approximate surface area is 231 Å². The van der Waals surface area contributed by atoms with Gasteiger partial charge >= 0.3 is 0 Å². The largest absolute Gasteiger partial charge is 0.364 e. The van der Waals surface area contributed by atoms with Crippen molar-refractivity contribution in [2.24, 2.45) is 11.5 Å². The van der Waals surface area contributed by atoms with E-state index in [0.717, 1.165) is 22.3 Å². The zero-order valence-electron chi connectivity index (χ0n) is 21.1. The molecule has 3 heterocycles. The Balaban J connectivity index is 1.52. The van der Waals surface area contributed by atoms with Crippen molar-refractivity contribution in [2.45, 2.75) is 0 Å². The monoisotopic (exact) mass is 519 g/mol. The first kappa shape index (κ1) is 25.6. The molecule has 7 heteroatoms. The van der Waals surface area contributed by atoms with Gasteiger partial charge in [-0.3, -0.25) is 19.6 Å². The average molecular weight is 520 g/mol. The Morgan fingerprint density at radius 3 is 1.15 bits per heavy atom. The summed E-state index contributed by atoms with van der Waals surface area (Å²) in [6, 6.07) is 23.7. The van der Waals surface area contributed by atoms with Gasteiger partial charge < -0.3 is 11.5 Å². The first-order valence-electron chi connectivity index (χ1n) is 12.2. The molecule has 0 aliphatic heterocycles. The van der Waals surface area contributed by atoms with E-state index in [9.17, 15) is 9.59 Å². The van der Waals surface area contributed by atoms with Crippen LogP contribution < -0.4 is 11.5 Å². The van der Waals surface area contributed by atoms with Crippen molar-refractivity contribution in [3.8, 4) is 45.9 Å². The third-order valence-electron chi connectivity index (χ3n) is 5.94. The highest BCUT2D eigenvalue weighted by Gasteiger charge is 2.20. The first-order chi connectivity index (χ1) is 19.5. The van der Waals surface area contributed by atoms with Crippen LogP contribution in [-0.4, -0.2) is 26.8 Å². The third-order valence-corrected chi connectivity index (χ3v) is 5.94. The summed E-state index contributed by atoms with van der Waals surface area (Å²) in [7, 11) is 0. The molecule has 0 radical (unpaired) electrons. The van der Waals surface area contributed by atoms with Crippen LogP contribution in [0.25, 0.3) is 22.3 Å². The Bertz CT molecular complexity index is 1690. The maximum Gasteiger partial charge on any atom is 0.267 e. The number of nitrogens with zero attached hydrogens (tertiary/aromatic N) is 3. The minimum Gasteiger partial charge on any atom is -0.364 e. The fourth-order valence-corrected chi connectivity index (χ4v) is 3.95. The number of carbonyl (C=O) groups is 2. The summed E-state index contributed by atoms with van der Waals surface area (Å²) < 4.78 is 0. The summed E-state index contributed by atoms with van der Waals surface area (Å²) in [6.07, 6.45) is 6.73. The maximum absolute atomic E-state index is 12.3. The number of hydrogen-bond acceptors (Lipinski definition) is 5. The molecule has 2 aromatic carbocycles. The van der Waals surface area contributed by atoms with Crippen LogP contribution in [0.2, 0.25) is 0 Å². The van der Waals surface area contributed by atoms with Gasteiger partial charge in [0.25, 0.3) is 11.8 Å². The molecule has 40 heavy (non-hydrogen) atoms. The average Bonchev–Trinajstić information content (AvgIpc) is 3.00. The van der Waals surface area contributed by atoms with Crippen LogP contribution in [0.1, 0.15) is 43.2 Å². The van der Waals surface area contributed by atoms with Gasteiger partial charge in [-0.15, -0.1) is 0 Å². The number of rotatable bonds is 4. The zero-order valence-corrected chi connectivity index (χ0v) is 21.1. The molecular formula is C33H21N5O2. The molecule has 0 unspecified atom stereocenters. The van der Waals surface area contributed by atoms with Gasteiger partial charge in [-0.1, -0.05) is 47.9 Å². The summed E-state index contributed by atoms with van der Waals surface area (Å²) in [5, 5.41) is 0. The van der Waals surface area contributed by atoms with Gasteiger partial charge in [-0.25, -0.2) is 4.98 Å². The summed E-state index contributed by atoms with van der Waals surface area (Å²) >= 11 is 0.